The molecule has 3 heteroatoms. The molecule has 1 unspecified atom stereocenters. The molecule has 3 rings (SSSR count). The fraction of sp³-hybridized carbons (Fsp3) is 0.412. The number of benzene rings is 1. The fourth-order valence-corrected chi connectivity index (χ4v) is 3.91. The van der Waals surface area contributed by atoms with E-state index >= 15 is 0 Å². The Balaban J connectivity index is 2.01. The number of rotatable bonds is 4. The Morgan fingerprint density at radius 3 is 2.95 bits per heavy atom. The van der Waals surface area contributed by atoms with E-state index in [9.17, 15) is 0 Å². The first-order chi connectivity index (χ1) is 9.83. The van der Waals surface area contributed by atoms with Gasteiger partial charge in [0.2, 0.25) is 0 Å². The average Bonchev–Trinajstić information content (AvgIpc) is 2.97. The van der Waals surface area contributed by atoms with Crippen LogP contribution in [0, 0.1) is 0 Å². The van der Waals surface area contributed by atoms with Crippen LogP contribution in [-0.4, -0.2) is 13.7 Å². The molecule has 1 aromatic carbocycles. The van der Waals surface area contributed by atoms with Gasteiger partial charge in [-0.2, -0.15) is 0 Å². The number of thiophene rings is 1. The van der Waals surface area contributed by atoms with Crippen molar-refractivity contribution in [1.29, 1.82) is 0 Å². The van der Waals surface area contributed by atoms with E-state index in [1.807, 2.05) is 18.4 Å². The van der Waals surface area contributed by atoms with E-state index in [4.69, 9.17) is 4.74 Å². The molecule has 20 heavy (non-hydrogen) atoms. The lowest BCUT2D eigenvalue weighted by atomic mass is 9.97. The zero-order valence-electron chi connectivity index (χ0n) is 12.1. The molecule has 2 heterocycles. The molecule has 1 aliphatic heterocycles. The van der Waals surface area contributed by atoms with E-state index in [0.717, 1.165) is 31.6 Å². The Hall–Kier alpha value is -1.32. The summed E-state index contributed by atoms with van der Waals surface area (Å²) in [5.74, 6) is 1.10. The van der Waals surface area contributed by atoms with Gasteiger partial charge in [0.25, 0.3) is 0 Å². The van der Waals surface area contributed by atoms with Crippen LogP contribution >= 0.6 is 11.3 Å². The van der Waals surface area contributed by atoms with Crippen LogP contribution in [0.25, 0.3) is 0 Å². The lowest BCUT2D eigenvalue weighted by molar-refractivity contribution is 0.283. The number of ether oxygens (including phenoxy) is 1. The molecule has 1 atom stereocenters. The van der Waals surface area contributed by atoms with Gasteiger partial charge in [0.1, 0.15) is 5.75 Å². The van der Waals surface area contributed by atoms with E-state index in [2.05, 4.69) is 42.6 Å². The molecule has 0 spiro atoms. The smallest absolute Gasteiger partial charge is 0.127 e. The Morgan fingerprint density at radius 1 is 1.30 bits per heavy atom. The molecule has 0 radical (unpaired) electrons. The maximum atomic E-state index is 5.96. The molecular formula is C17H21NOS. The number of aryl methyl sites for hydroxylation is 2. The highest BCUT2D eigenvalue weighted by Crippen LogP contribution is 2.37. The third-order valence-corrected chi connectivity index (χ3v) is 5.17. The van der Waals surface area contributed by atoms with Gasteiger partial charge in [0.15, 0.2) is 0 Å². The summed E-state index contributed by atoms with van der Waals surface area (Å²) in [7, 11) is 2.03. The second-order valence-electron chi connectivity index (χ2n) is 5.17. The maximum absolute atomic E-state index is 5.96. The van der Waals surface area contributed by atoms with Crippen LogP contribution in [0.1, 0.15) is 40.3 Å². The topological polar surface area (TPSA) is 21.3 Å². The summed E-state index contributed by atoms with van der Waals surface area (Å²) < 4.78 is 5.96. The number of hydrogen-bond acceptors (Lipinski definition) is 3. The van der Waals surface area contributed by atoms with Crippen LogP contribution in [0.15, 0.2) is 30.3 Å². The van der Waals surface area contributed by atoms with Crippen molar-refractivity contribution in [2.24, 2.45) is 0 Å². The fourth-order valence-electron chi connectivity index (χ4n) is 2.83. The first kappa shape index (κ1) is 13.7. The van der Waals surface area contributed by atoms with E-state index < -0.39 is 0 Å². The molecule has 0 aliphatic carbocycles. The third kappa shape index (κ3) is 2.48. The predicted octanol–water partition coefficient (Wildman–Crippen LogP) is 3.94. The van der Waals surface area contributed by atoms with Gasteiger partial charge in [-0.25, -0.2) is 0 Å². The van der Waals surface area contributed by atoms with Crippen molar-refractivity contribution in [1.82, 2.24) is 5.32 Å². The number of nitrogens with one attached hydrogen (secondary N) is 1. The highest BCUT2D eigenvalue weighted by Gasteiger charge is 2.22. The minimum absolute atomic E-state index is 0.230. The summed E-state index contributed by atoms with van der Waals surface area (Å²) in [5.41, 5.74) is 2.62. The van der Waals surface area contributed by atoms with Gasteiger partial charge in [-0.15, -0.1) is 11.3 Å². The van der Waals surface area contributed by atoms with E-state index in [1.54, 1.807) is 0 Å². The largest absolute Gasteiger partial charge is 0.493 e. The normalized spacial score (nSPS) is 15.5. The summed E-state index contributed by atoms with van der Waals surface area (Å²) in [4.78, 5) is 2.80. The Labute approximate surface area is 124 Å². The van der Waals surface area contributed by atoms with Crippen LogP contribution in [0.2, 0.25) is 0 Å². The van der Waals surface area contributed by atoms with Crippen LogP contribution in [0.5, 0.6) is 5.75 Å². The summed E-state index contributed by atoms with van der Waals surface area (Å²) in [5, 5.41) is 3.45. The zero-order chi connectivity index (χ0) is 13.9. The molecule has 106 valence electrons. The first-order valence-corrected chi connectivity index (χ1v) is 8.15. The zero-order valence-corrected chi connectivity index (χ0v) is 12.9. The highest BCUT2D eigenvalue weighted by atomic mass is 32.1. The second-order valence-corrected chi connectivity index (χ2v) is 6.37. The Kier molecular flexibility index (Phi) is 4.08. The van der Waals surface area contributed by atoms with Crippen molar-refractivity contribution >= 4 is 11.3 Å². The van der Waals surface area contributed by atoms with Gasteiger partial charge in [-0.05, 0) is 44.0 Å². The standard InChI is InChI=1S/C17H21NOS/c1-3-13-9-10-15(20-13)16(18-2)14-8-4-6-12-7-5-11-19-17(12)14/h4,6,8-10,16,18H,3,5,7,11H2,1-2H3. The molecule has 0 amide bonds. The Bertz CT molecular complexity index is 590. The summed E-state index contributed by atoms with van der Waals surface area (Å²) in [6.45, 7) is 3.04. The molecule has 0 saturated heterocycles. The van der Waals surface area contributed by atoms with Crippen molar-refractivity contribution in [3.63, 3.8) is 0 Å². The monoisotopic (exact) mass is 287 g/mol. The molecule has 1 N–H and O–H groups in total. The average molecular weight is 287 g/mol. The SMILES string of the molecule is CCc1ccc(C(NC)c2cccc3c2OCCC3)s1. The number of hydrogen-bond donors (Lipinski definition) is 1. The van der Waals surface area contributed by atoms with Gasteiger partial charge < -0.3 is 10.1 Å². The van der Waals surface area contributed by atoms with Crippen LogP contribution in [0.4, 0.5) is 0 Å². The highest BCUT2D eigenvalue weighted by molar-refractivity contribution is 7.12. The minimum Gasteiger partial charge on any atom is -0.493 e. The molecule has 2 aromatic rings. The minimum atomic E-state index is 0.230. The van der Waals surface area contributed by atoms with E-state index in [0.29, 0.717) is 0 Å². The molecule has 1 aromatic heterocycles. The molecular weight excluding hydrogens is 266 g/mol. The molecule has 1 aliphatic rings. The number of fused-ring (bicyclic) bond motifs is 1. The van der Waals surface area contributed by atoms with E-state index in [1.165, 1.54) is 20.9 Å². The number of para-hydroxylation sites is 1. The lowest BCUT2D eigenvalue weighted by Gasteiger charge is -2.24. The molecule has 0 fully saturated rings. The van der Waals surface area contributed by atoms with Gasteiger partial charge in [0.05, 0.1) is 12.6 Å². The van der Waals surface area contributed by atoms with Gasteiger partial charge in [-0.1, -0.05) is 25.1 Å². The lowest BCUT2D eigenvalue weighted by Crippen LogP contribution is -2.20. The summed E-state index contributed by atoms with van der Waals surface area (Å²) in [6, 6.07) is 11.2. The molecule has 0 bridgehead atoms. The van der Waals surface area contributed by atoms with Crippen molar-refractivity contribution in [3.05, 3.63) is 51.2 Å². The van der Waals surface area contributed by atoms with Gasteiger partial charge >= 0.3 is 0 Å². The first-order valence-electron chi connectivity index (χ1n) is 7.34. The van der Waals surface area contributed by atoms with Gasteiger partial charge in [-0.3, -0.25) is 0 Å². The van der Waals surface area contributed by atoms with Crippen molar-refractivity contribution in [2.75, 3.05) is 13.7 Å². The summed E-state index contributed by atoms with van der Waals surface area (Å²) >= 11 is 1.89. The molecule has 0 saturated carbocycles. The maximum Gasteiger partial charge on any atom is 0.127 e. The van der Waals surface area contributed by atoms with Crippen molar-refractivity contribution < 1.29 is 4.74 Å². The van der Waals surface area contributed by atoms with E-state index in [-0.39, 0.29) is 6.04 Å². The van der Waals surface area contributed by atoms with Crippen LogP contribution in [-0.2, 0) is 12.8 Å². The van der Waals surface area contributed by atoms with Crippen molar-refractivity contribution in [3.8, 4) is 5.75 Å². The Morgan fingerprint density at radius 2 is 2.20 bits per heavy atom. The summed E-state index contributed by atoms with van der Waals surface area (Å²) in [6.07, 6.45) is 3.36. The van der Waals surface area contributed by atoms with Crippen LogP contribution < -0.4 is 10.1 Å². The second kappa shape index (κ2) is 5.98. The van der Waals surface area contributed by atoms with Gasteiger partial charge in [0, 0.05) is 15.3 Å². The molecule has 2 nitrogen and oxygen atoms in total. The quantitative estimate of drug-likeness (QED) is 0.919. The van der Waals surface area contributed by atoms with Crippen LogP contribution in [0.3, 0.4) is 0 Å². The third-order valence-electron chi connectivity index (χ3n) is 3.88. The van der Waals surface area contributed by atoms with Crippen molar-refractivity contribution in [2.45, 2.75) is 32.2 Å². The predicted molar refractivity (Wildman–Crippen MR) is 84.9 cm³/mol.